The molecule has 4 N–H and O–H groups in total. The molecule has 8 heteroatoms. The monoisotopic (exact) mass is 247 g/mol. The molecular weight excluding hydrogens is 230 g/mol. The van der Waals surface area contributed by atoms with Gasteiger partial charge in [-0.1, -0.05) is 6.92 Å². The number of ether oxygens (including phenoxy) is 1. The summed E-state index contributed by atoms with van der Waals surface area (Å²) >= 11 is 0. The molecule has 0 saturated heterocycles. The summed E-state index contributed by atoms with van der Waals surface area (Å²) in [4.78, 5) is 33.4. The van der Waals surface area contributed by atoms with Gasteiger partial charge < -0.3 is 25.8 Å². The van der Waals surface area contributed by atoms with Gasteiger partial charge in [0, 0.05) is 6.54 Å². The van der Waals surface area contributed by atoms with Crippen molar-refractivity contribution >= 4 is 18.1 Å². The molecule has 0 spiro atoms. The normalized spacial score (nSPS) is 9.47. The van der Waals surface area contributed by atoms with Crippen LogP contribution in [0.15, 0.2) is 0 Å². The number of nitrogens with two attached hydrogens (primary N) is 1. The number of carboxylic acid groups (broad SMARTS) is 1. The lowest BCUT2D eigenvalue weighted by molar-refractivity contribution is -0.137. The molecule has 0 aliphatic rings. The largest absolute Gasteiger partial charge is 0.480 e. The van der Waals surface area contributed by atoms with E-state index in [9.17, 15) is 14.4 Å². The lowest BCUT2D eigenvalue weighted by Gasteiger charge is -2.20. The van der Waals surface area contributed by atoms with Crippen molar-refractivity contribution in [1.82, 2.24) is 10.2 Å². The molecule has 0 rings (SSSR count). The Morgan fingerprint density at radius 3 is 2.53 bits per heavy atom. The zero-order valence-electron chi connectivity index (χ0n) is 9.64. The minimum absolute atomic E-state index is 0.0475. The summed E-state index contributed by atoms with van der Waals surface area (Å²) in [5.41, 5.74) is 4.72. The van der Waals surface area contributed by atoms with Crippen LogP contribution in [0.1, 0.15) is 13.3 Å². The second-order valence-corrected chi connectivity index (χ2v) is 3.21. The van der Waals surface area contributed by atoms with Crippen molar-refractivity contribution < 1.29 is 24.2 Å². The highest BCUT2D eigenvalue weighted by molar-refractivity contribution is 5.80. The van der Waals surface area contributed by atoms with Crippen LogP contribution in [0.4, 0.5) is 9.59 Å². The number of nitrogens with one attached hydrogen (secondary N) is 1. The van der Waals surface area contributed by atoms with E-state index in [0.29, 0.717) is 13.0 Å². The fourth-order valence-corrected chi connectivity index (χ4v) is 1.11. The van der Waals surface area contributed by atoms with Crippen LogP contribution in [-0.2, 0) is 9.53 Å². The van der Waals surface area contributed by atoms with E-state index in [-0.39, 0.29) is 19.7 Å². The summed E-state index contributed by atoms with van der Waals surface area (Å²) in [7, 11) is 0. The van der Waals surface area contributed by atoms with Crippen molar-refractivity contribution in [2.75, 3.05) is 26.2 Å². The van der Waals surface area contributed by atoms with E-state index in [2.05, 4.69) is 10.1 Å². The topological polar surface area (TPSA) is 122 Å². The molecular formula is C9H17N3O5. The van der Waals surface area contributed by atoms with Gasteiger partial charge in [-0.3, -0.25) is 4.79 Å². The molecule has 17 heavy (non-hydrogen) atoms. The first-order valence-corrected chi connectivity index (χ1v) is 5.14. The Hall–Kier alpha value is -1.99. The summed E-state index contributed by atoms with van der Waals surface area (Å²) in [5.74, 6) is -1.08. The minimum Gasteiger partial charge on any atom is -0.480 e. The van der Waals surface area contributed by atoms with Gasteiger partial charge in [0.25, 0.3) is 0 Å². The fraction of sp³-hybridized carbons (Fsp3) is 0.667. The molecule has 0 aliphatic carbocycles. The van der Waals surface area contributed by atoms with Gasteiger partial charge in [-0.2, -0.15) is 0 Å². The number of carbonyl (C=O) groups excluding carboxylic acids is 2. The van der Waals surface area contributed by atoms with Gasteiger partial charge in [0.1, 0.15) is 13.2 Å². The van der Waals surface area contributed by atoms with Gasteiger partial charge in [0.05, 0.1) is 6.54 Å². The maximum Gasteiger partial charge on any atom is 0.404 e. The maximum atomic E-state index is 11.5. The Balaban J connectivity index is 3.96. The third-order valence-corrected chi connectivity index (χ3v) is 1.73. The number of aliphatic carboxylic acids is 1. The van der Waals surface area contributed by atoms with Crippen LogP contribution in [0.2, 0.25) is 0 Å². The number of urea groups is 1. The average Bonchev–Trinajstić information content (AvgIpc) is 2.22. The number of nitrogens with zero attached hydrogens (tertiary/aromatic N) is 1. The van der Waals surface area contributed by atoms with Crippen LogP contribution < -0.4 is 11.1 Å². The highest BCUT2D eigenvalue weighted by Gasteiger charge is 2.14. The number of rotatable bonds is 7. The average molecular weight is 247 g/mol. The zero-order chi connectivity index (χ0) is 13.3. The smallest absolute Gasteiger partial charge is 0.404 e. The third kappa shape index (κ3) is 7.88. The number of carboxylic acids is 1. The molecule has 8 nitrogen and oxygen atoms in total. The standard InChI is InChI=1S/C9H17N3O5/c1-2-4-12(6-7(13)14)9(16)11-3-5-17-8(10)15/h2-6H2,1H3,(H2,10,15)(H,11,16)(H,13,14). The van der Waals surface area contributed by atoms with Crippen molar-refractivity contribution in [3.05, 3.63) is 0 Å². The third-order valence-electron chi connectivity index (χ3n) is 1.73. The molecule has 0 radical (unpaired) electrons. The van der Waals surface area contributed by atoms with Crippen molar-refractivity contribution in [1.29, 1.82) is 0 Å². The number of carbonyl (C=O) groups is 3. The van der Waals surface area contributed by atoms with Crippen LogP contribution in [0, 0.1) is 0 Å². The van der Waals surface area contributed by atoms with E-state index >= 15 is 0 Å². The Kier molecular flexibility index (Phi) is 7.24. The van der Waals surface area contributed by atoms with Gasteiger partial charge >= 0.3 is 18.1 Å². The minimum atomic E-state index is -1.08. The summed E-state index contributed by atoms with van der Waals surface area (Å²) in [6, 6.07) is -0.512. The summed E-state index contributed by atoms with van der Waals surface area (Å²) < 4.78 is 4.40. The SMILES string of the molecule is CCCN(CC(=O)O)C(=O)NCCOC(N)=O. The van der Waals surface area contributed by atoms with Crippen LogP contribution in [-0.4, -0.2) is 54.3 Å². The highest BCUT2D eigenvalue weighted by atomic mass is 16.5. The van der Waals surface area contributed by atoms with Gasteiger partial charge in [-0.25, -0.2) is 9.59 Å². The van der Waals surface area contributed by atoms with Gasteiger partial charge in [0.15, 0.2) is 0 Å². The number of hydrogen-bond acceptors (Lipinski definition) is 4. The molecule has 0 saturated carbocycles. The second-order valence-electron chi connectivity index (χ2n) is 3.21. The number of amides is 3. The van der Waals surface area contributed by atoms with E-state index in [1.807, 2.05) is 6.92 Å². The predicted octanol–water partition coefficient (Wildman–Crippen LogP) is -0.412. The summed E-state index contributed by atoms with van der Waals surface area (Å²) in [5, 5.41) is 11.0. The van der Waals surface area contributed by atoms with Crippen LogP contribution in [0.5, 0.6) is 0 Å². The van der Waals surface area contributed by atoms with Gasteiger partial charge in [-0.05, 0) is 6.42 Å². The molecule has 0 aromatic heterocycles. The Morgan fingerprint density at radius 1 is 1.41 bits per heavy atom. The number of primary amides is 1. The van der Waals surface area contributed by atoms with Gasteiger partial charge in [0.2, 0.25) is 0 Å². The molecule has 0 aromatic carbocycles. The van der Waals surface area contributed by atoms with E-state index in [1.54, 1.807) is 0 Å². The van der Waals surface area contributed by atoms with Crippen LogP contribution >= 0.6 is 0 Å². The Morgan fingerprint density at radius 2 is 2.06 bits per heavy atom. The predicted molar refractivity (Wildman–Crippen MR) is 58.4 cm³/mol. The maximum absolute atomic E-state index is 11.5. The Labute approximate surface area is 98.7 Å². The van der Waals surface area contributed by atoms with Crippen LogP contribution in [0.25, 0.3) is 0 Å². The summed E-state index contributed by atoms with van der Waals surface area (Å²) in [6.07, 6.45) is -0.270. The number of hydrogen-bond donors (Lipinski definition) is 3. The first-order valence-electron chi connectivity index (χ1n) is 5.14. The lowest BCUT2D eigenvalue weighted by atomic mass is 10.4. The van der Waals surface area contributed by atoms with E-state index in [4.69, 9.17) is 10.8 Å². The molecule has 0 aromatic rings. The molecule has 0 bridgehead atoms. The zero-order valence-corrected chi connectivity index (χ0v) is 9.64. The summed E-state index contributed by atoms with van der Waals surface area (Å²) in [6.45, 7) is 1.85. The molecule has 0 fully saturated rings. The van der Waals surface area contributed by atoms with E-state index in [1.165, 1.54) is 0 Å². The first-order chi connectivity index (χ1) is 7.97. The van der Waals surface area contributed by atoms with Crippen molar-refractivity contribution in [3.63, 3.8) is 0 Å². The fourth-order valence-electron chi connectivity index (χ4n) is 1.11. The second kappa shape index (κ2) is 8.20. The molecule has 0 atom stereocenters. The molecule has 98 valence electrons. The van der Waals surface area contributed by atoms with Crippen LogP contribution in [0.3, 0.4) is 0 Å². The Bertz CT molecular complexity index is 282. The first kappa shape index (κ1) is 15.0. The molecule has 0 heterocycles. The quantitative estimate of drug-likeness (QED) is 0.528. The van der Waals surface area contributed by atoms with Gasteiger partial charge in [-0.15, -0.1) is 0 Å². The van der Waals surface area contributed by atoms with E-state index < -0.39 is 18.1 Å². The van der Waals surface area contributed by atoms with Crippen molar-refractivity contribution in [2.24, 2.45) is 5.73 Å². The van der Waals surface area contributed by atoms with E-state index in [0.717, 1.165) is 4.90 Å². The highest BCUT2D eigenvalue weighted by Crippen LogP contribution is 1.92. The van der Waals surface area contributed by atoms with Crippen molar-refractivity contribution in [2.45, 2.75) is 13.3 Å². The molecule has 0 unspecified atom stereocenters. The lowest BCUT2D eigenvalue weighted by Crippen LogP contribution is -2.44. The molecule has 3 amide bonds. The molecule has 0 aliphatic heterocycles. The van der Waals surface area contributed by atoms with Crippen molar-refractivity contribution in [3.8, 4) is 0 Å².